The first-order chi connectivity index (χ1) is 15.0. The molecule has 2 heterocycles. The summed E-state index contributed by atoms with van der Waals surface area (Å²) in [7, 11) is 0. The second-order valence-corrected chi connectivity index (χ2v) is 9.09. The van der Waals surface area contributed by atoms with Gasteiger partial charge in [-0.15, -0.1) is 10.2 Å². The number of nitrogens with one attached hydrogen (secondary N) is 1. The summed E-state index contributed by atoms with van der Waals surface area (Å²) in [5, 5.41) is 11.7. The van der Waals surface area contributed by atoms with Crippen LogP contribution >= 0.6 is 43.6 Å². The smallest absolute Gasteiger partial charge is 0.234 e. The Morgan fingerprint density at radius 1 is 1.06 bits per heavy atom. The number of amides is 1. The van der Waals surface area contributed by atoms with Crippen molar-refractivity contribution < 1.29 is 9.18 Å². The molecule has 10 heteroatoms. The Hall–Kier alpha value is -2.56. The minimum absolute atomic E-state index is 0.0389. The second kappa shape index (κ2) is 9.71. The summed E-state index contributed by atoms with van der Waals surface area (Å²) < 4.78 is 17.4. The summed E-state index contributed by atoms with van der Waals surface area (Å²) in [6.45, 7) is 0. The lowest BCUT2D eigenvalue weighted by molar-refractivity contribution is -0.113. The van der Waals surface area contributed by atoms with E-state index in [0.717, 1.165) is 15.7 Å². The van der Waals surface area contributed by atoms with Crippen molar-refractivity contribution >= 4 is 55.2 Å². The van der Waals surface area contributed by atoms with E-state index < -0.39 is 5.82 Å². The fraction of sp³-hybridized carbons (Fsp3) is 0.0476. The van der Waals surface area contributed by atoms with Crippen LogP contribution in [0.1, 0.15) is 0 Å². The molecule has 0 saturated heterocycles. The number of anilines is 1. The fourth-order valence-electron chi connectivity index (χ4n) is 2.78. The van der Waals surface area contributed by atoms with Gasteiger partial charge < -0.3 is 5.32 Å². The third kappa shape index (κ3) is 5.20. The van der Waals surface area contributed by atoms with Crippen molar-refractivity contribution in [1.82, 2.24) is 19.7 Å². The van der Waals surface area contributed by atoms with E-state index in [1.807, 2.05) is 41.0 Å². The van der Waals surface area contributed by atoms with Crippen molar-refractivity contribution in [2.24, 2.45) is 0 Å². The van der Waals surface area contributed by atoms with Crippen molar-refractivity contribution in [3.8, 4) is 17.1 Å². The van der Waals surface area contributed by atoms with Crippen molar-refractivity contribution in [1.29, 1.82) is 0 Å². The standard InChI is InChI=1S/C21H14Br2FN5OS/c22-14-3-6-16(7-4-14)29-20(13-2-1-9-25-11-13)27-28-21(29)31-12-19(30)26-18-8-5-15(23)10-17(18)24/h1-11H,12H2,(H,26,30). The number of pyridine rings is 1. The molecular formula is C21H14Br2FN5OS. The monoisotopic (exact) mass is 561 g/mol. The van der Waals surface area contributed by atoms with Gasteiger partial charge in [0.25, 0.3) is 0 Å². The lowest BCUT2D eigenvalue weighted by Crippen LogP contribution is -2.15. The lowest BCUT2D eigenvalue weighted by Gasteiger charge is -2.11. The van der Waals surface area contributed by atoms with E-state index in [9.17, 15) is 9.18 Å². The Kier molecular flexibility index (Phi) is 6.79. The van der Waals surface area contributed by atoms with Gasteiger partial charge in [0.05, 0.1) is 11.4 Å². The van der Waals surface area contributed by atoms with Gasteiger partial charge in [0.2, 0.25) is 5.91 Å². The predicted octanol–water partition coefficient (Wildman–Crippen LogP) is 5.72. The predicted molar refractivity (Wildman–Crippen MR) is 126 cm³/mol. The van der Waals surface area contributed by atoms with Gasteiger partial charge in [-0.05, 0) is 54.6 Å². The Bertz CT molecular complexity index is 1220. The van der Waals surface area contributed by atoms with Crippen LogP contribution in [0.5, 0.6) is 0 Å². The first kappa shape index (κ1) is 21.7. The maximum absolute atomic E-state index is 14.0. The number of hydrogen-bond acceptors (Lipinski definition) is 5. The number of nitrogens with zero attached hydrogens (tertiary/aromatic N) is 4. The zero-order valence-corrected chi connectivity index (χ0v) is 19.8. The van der Waals surface area contributed by atoms with Gasteiger partial charge in [0.15, 0.2) is 11.0 Å². The number of carbonyl (C=O) groups is 1. The molecule has 0 aliphatic heterocycles. The van der Waals surface area contributed by atoms with E-state index in [4.69, 9.17) is 0 Å². The van der Waals surface area contributed by atoms with E-state index in [0.29, 0.717) is 15.5 Å². The topological polar surface area (TPSA) is 72.7 Å². The highest BCUT2D eigenvalue weighted by Gasteiger charge is 2.18. The van der Waals surface area contributed by atoms with Gasteiger partial charge in [0.1, 0.15) is 5.82 Å². The maximum Gasteiger partial charge on any atom is 0.234 e. The molecule has 31 heavy (non-hydrogen) atoms. The molecule has 0 aliphatic rings. The molecule has 4 aromatic rings. The molecular weight excluding hydrogens is 549 g/mol. The molecule has 4 rings (SSSR count). The van der Waals surface area contributed by atoms with E-state index in [1.54, 1.807) is 18.5 Å². The van der Waals surface area contributed by atoms with Crippen LogP contribution in [-0.4, -0.2) is 31.4 Å². The molecule has 0 saturated carbocycles. The third-order valence-electron chi connectivity index (χ3n) is 4.18. The van der Waals surface area contributed by atoms with Crippen molar-refractivity contribution in [2.75, 3.05) is 11.1 Å². The summed E-state index contributed by atoms with van der Waals surface area (Å²) >= 11 is 7.85. The lowest BCUT2D eigenvalue weighted by atomic mass is 10.2. The fourth-order valence-corrected chi connectivity index (χ4v) is 4.12. The zero-order valence-electron chi connectivity index (χ0n) is 15.8. The highest BCUT2D eigenvalue weighted by atomic mass is 79.9. The number of hydrogen-bond donors (Lipinski definition) is 1. The highest BCUT2D eigenvalue weighted by Crippen LogP contribution is 2.28. The third-order valence-corrected chi connectivity index (χ3v) is 6.13. The SMILES string of the molecule is O=C(CSc1nnc(-c2cccnc2)n1-c1ccc(Br)cc1)Nc1ccc(Br)cc1F. The average molecular weight is 563 g/mol. The molecule has 0 fully saturated rings. The quantitative estimate of drug-likeness (QED) is 0.304. The summed E-state index contributed by atoms with van der Waals surface area (Å²) in [5.74, 6) is -0.210. The van der Waals surface area contributed by atoms with Gasteiger partial charge in [-0.2, -0.15) is 0 Å². The summed E-state index contributed by atoms with van der Waals surface area (Å²) in [6, 6.07) is 15.9. The number of rotatable bonds is 6. The Morgan fingerprint density at radius 3 is 2.55 bits per heavy atom. The van der Waals surface area contributed by atoms with Gasteiger partial charge >= 0.3 is 0 Å². The van der Waals surface area contributed by atoms with Crippen LogP contribution in [0.3, 0.4) is 0 Å². The maximum atomic E-state index is 14.0. The van der Waals surface area contributed by atoms with E-state index >= 15 is 0 Å². The Balaban J connectivity index is 1.58. The number of benzene rings is 2. The van der Waals surface area contributed by atoms with Crippen molar-refractivity contribution in [2.45, 2.75) is 5.16 Å². The molecule has 1 amide bonds. The van der Waals surface area contributed by atoms with E-state index in [2.05, 4.69) is 52.4 Å². The van der Waals surface area contributed by atoms with E-state index in [-0.39, 0.29) is 17.3 Å². The van der Waals surface area contributed by atoms with Crippen LogP contribution in [0.4, 0.5) is 10.1 Å². The van der Waals surface area contributed by atoms with Crippen LogP contribution < -0.4 is 5.32 Å². The molecule has 0 spiro atoms. The Labute approximate surface area is 198 Å². The van der Waals surface area contributed by atoms with Crippen molar-refractivity contribution in [3.05, 3.63) is 81.8 Å². The molecule has 156 valence electrons. The van der Waals surface area contributed by atoms with Crippen LogP contribution in [0.15, 0.2) is 81.1 Å². The van der Waals surface area contributed by atoms with Crippen LogP contribution in [-0.2, 0) is 4.79 Å². The summed E-state index contributed by atoms with van der Waals surface area (Å²) in [4.78, 5) is 16.6. The normalized spacial score (nSPS) is 10.8. The summed E-state index contributed by atoms with van der Waals surface area (Å²) in [5.41, 5.74) is 1.76. The molecule has 2 aromatic carbocycles. The minimum atomic E-state index is -0.510. The molecule has 0 radical (unpaired) electrons. The van der Waals surface area contributed by atoms with E-state index in [1.165, 1.54) is 23.9 Å². The van der Waals surface area contributed by atoms with Gasteiger partial charge in [-0.25, -0.2) is 4.39 Å². The largest absolute Gasteiger partial charge is 0.323 e. The first-order valence-corrected chi connectivity index (χ1v) is 11.6. The highest BCUT2D eigenvalue weighted by molar-refractivity contribution is 9.10. The molecule has 0 unspecified atom stereocenters. The molecule has 2 aromatic heterocycles. The van der Waals surface area contributed by atoms with Gasteiger partial charge in [0, 0.05) is 32.6 Å². The number of carbonyl (C=O) groups excluding carboxylic acids is 1. The molecule has 1 N–H and O–H groups in total. The number of halogens is 3. The zero-order chi connectivity index (χ0) is 21.8. The van der Waals surface area contributed by atoms with Gasteiger partial charge in [-0.1, -0.05) is 43.6 Å². The molecule has 0 bridgehead atoms. The summed E-state index contributed by atoms with van der Waals surface area (Å²) in [6.07, 6.45) is 3.39. The van der Waals surface area contributed by atoms with Crippen LogP contribution in [0, 0.1) is 5.82 Å². The van der Waals surface area contributed by atoms with Crippen LogP contribution in [0.25, 0.3) is 17.1 Å². The van der Waals surface area contributed by atoms with Gasteiger partial charge in [-0.3, -0.25) is 14.3 Å². The average Bonchev–Trinajstić information content (AvgIpc) is 3.19. The number of aromatic nitrogens is 4. The van der Waals surface area contributed by atoms with Crippen LogP contribution in [0.2, 0.25) is 0 Å². The minimum Gasteiger partial charge on any atom is -0.323 e. The van der Waals surface area contributed by atoms with Crippen molar-refractivity contribution in [3.63, 3.8) is 0 Å². The number of thioether (sulfide) groups is 1. The first-order valence-electron chi connectivity index (χ1n) is 9.01. The molecule has 6 nitrogen and oxygen atoms in total. The second-order valence-electron chi connectivity index (χ2n) is 6.32. The molecule has 0 atom stereocenters. The molecule has 0 aliphatic carbocycles. The Morgan fingerprint density at radius 2 is 1.84 bits per heavy atom.